The highest BCUT2D eigenvalue weighted by Crippen LogP contribution is 2.22. The molecule has 0 spiro atoms. The second-order valence-corrected chi connectivity index (χ2v) is 5.74. The Kier molecular flexibility index (Phi) is 5.87. The lowest BCUT2D eigenvalue weighted by atomic mass is 9.92. The minimum atomic E-state index is 0.494. The SMILES string of the molecule is CCNCC(Cc1cccc(C)c1)CC1CCCO1. The van der Waals surface area contributed by atoms with Crippen molar-refractivity contribution in [2.75, 3.05) is 19.7 Å². The van der Waals surface area contributed by atoms with Gasteiger partial charge < -0.3 is 10.1 Å². The number of aryl methyl sites for hydroxylation is 1. The van der Waals surface area contributed by atoms with Crippen LogP contribution in [0.15, 0.2) is 24.3 Å². The Labute approximate surface area is 117 Å². The van der Waals surface area contributed by atoms with Crippen LogP contribution in [-0.4, -0.2) is 25.8 Å². The van der Waals surface area contributed by atoms with E-state index in [0.717, 1.165) is 26.1 Å². The van der Waals surface area contributed by atoms with Crippen LogP contribution in [0.3, 0.4) is 0 Å². The van der Waals surface area contributed by atoms with Gasteiger partial charge in [0.05, 0.1) is 6.10 Å². The maximum absolute atomic E-state index is 5.80. The summed E-state index contributed by atoms with van der Waals surface area (Å²) in [4.78, 5) is 0. The van der Waals surface area contributed by atoms with Gasteiger partial charge in [0, 0.05) is 6.61 Å². The molecule has 1 aromatic carbocycles. The van der Waals surface area contributed by atoms with Crippen LogP contribution in [0.5, 0.6) is 0 Å². The van der Waals surface area contributed by atoms with Crippen molar-refractivity contribution in [2.45, 2.75) is 45.6 Å². The highest BCUT2D eigenvalue weighted by Gasteiger charge is 2.20. The van der Waals surface area contributed by atoms with Gasteiger partial charge in [-0.2, -0.15) is 0 Å². The molecule has 1 fully saturated rings. The number of hydrogen-bond donors (Lipinski definition) is 1. The lowest BCUT2D eigenvalue weighted by molar-refractivity contribution is 0.0893. The molecule has 1 N–H and O–H groups in total. The van der Waals surface area contributed by atoms with E-state index in [2.05, 4.69) is 43.4 Å². The van der Waals surface area contributed by atoms with Crippen LogP contribution >= 0.6 is 0 Å². The fraction of sp³-hybridized carbons (Fsp3) is 0.647. The summed E-state index contributed by atoms with van der Waals surface area (Å²) < 4.78 is 5.80. The monoisotopic (exact) mass is 261 g/mol. The van der Waals surface area contributed by atoms with Crippen molar-refractivity contribution in [3.8, 4) is 0 Å². The predicted octanol–water partition coefficient (Wildman–Crippen LogP) is 3.33. The van der Waals surface area contributed by atoms with E-state index in [4.69, 9.17) is 4.74 Å². The van der Waals surface area contributed by atoms with Crippen molar-refractivity contribution in [1.82, 2.24) is 5.32 Å². The minimum Gasteiger partial charge on any atom is -0.378 e. The molecule has 1 aliphatic rings. The molecule has 0 saturated carbocycles. The highest BCUT2D eigenvalue weighted by molar-refractivity contribution is 5.22. The fourth-order valence-corrected chi connectivity index (χ4v) is 2.96. The molecule has 19 heavy (non-hydrogen) atoms. The first-order chi connectivity index (χ1) is 9.28. The van der Waals surface area contributed by atoms with Gasteiger partial charge >= 0.3 is 0 Å². The third-order valence-corrected chi connectivity index (χ3v) is 3.91. The molecule has 0 radical (unpaired) electrons. The normalized spacial score (nSPS) is 20.6. The molecule has 2 rings (SSSR count). The summed E-state index contributed by atoms with van der Waals surface area (Å²) in [7, 11) is 0. The zero-order valence-electron chi connectivity index (χ0n) is 12.3. The molecule has 0 amide bonds. The van der Waals surface area contributed by atoms with Crippen LogP contribution in [0, 0.1) is 12.8 Å². The van der Waals surface area contributed by atoms with Gasteiger partial charge in [0.15, 0.2) is 0 Å². The average Bonchev–Trinajstić information content (AvgIpc) is 2.89. The Balaban J connectivity index is 1.92. The first-order valence-corrected chi connectivity index (χ1v) is 7.65. The Morgan fingerprint density at radius 3 is 3.00 bits per heavy atom. The molecule has 1 saturated heterocycles. The molecule has 106 valence electrons. The van der Waals surface area contributed by atoms with Gasteiger partial charge in [-0.1, -0.05) is 36.8 Å². The van der Waals surface area contributed by atoms with Crippen LogP contribution in [0.4, 0.5) is 0 Å². The van der Waals surface area contributed by atoms with Gasteiger partial charge in [0.2, 0.25) is 0 Å². The van der Waals surface area contributed by atoms with Crippen molar-refractivity contribution in [2.24, 2.45) is 5.92 Å². The molecular weight excluding hydrogens is 234 g/mol. The van der Waals surface area contributed by atoms with Crippen LogP contribution in [-0.2, 0) is 11.2 Å². The molecule has 1 heterocycles. The smallest absolute Gasteiger partial charge is 0.0579 e. The van der Waals surface area contributed by atoms with E-state index in [0.29, 0.717) is 12.0 Å². The summed E-state index contributed by atoms with van der Waals surface area (Å²) in [6.45, 7) is 7.46. The van der Waals surface area contributed by atoms with Crippen molar-refractivity contribution in [3.63, 3.8) is 0 Å². The van der Waals surface area contributed by atoms with E-state index < -0.39 is 0 Å². The summed E-state index contributed by atoms with van der Waals surface area (Å²) in [5.74, 6) is 0.685. The molecule has 2 unspecified atom stereocenters. The molecule has 0 bridgehead atoms. The minimum absolute atomic E-state index is 0.494. The second kappa shape index (κ2) is 7.66. The zero-order valence-corrected chi connectivity index (χ0v) is 12.3. The number of rotatable bonds is 7. The number of nitrogens with one attached hydrogen (secondary N) is 1. The maximum atomic E-state index is 5.80. The Morgan fingerprint density at radius 2 is 2.32 bits per heavy atom. The van der Waals surface area contributed by atoms with Gasteiger partial charge in [0.1, 0.15) is 0 Å². The molecule has 2 nitrogen and oxygen atoms in total. The molecule has 1 aromatic rings. The third-order valence-electron chi connectivity index (χ3n) is 3.91. The molecule has 0 aromatic heterocycles. The van der Waals surface area contributed by atoms with E-state index in [1.54, 1.807) is 0 Å². The van der Waals surface area contributed by atoms with Crippen molar-refractivity contribution in [1.29, 1.82) is 0 Å². The van der Waals surface area contributed by atoms with E-state index in [-0.39, 0.29) is 0 Å². The highest BCUT2D eigenvalue weighted by atomic mass is 16.5. The lowest BCUT2D eigenvalue weighted by Crippen LogP contribution is -2.27. The third kappa shape index (κ3) is 4.96. The van der Waals surface area contributed by atoms with E-state index in [1.807, 2.05) is 0 Å². The Morgan fingerprint density at radius 1 is 1.42 bits per heavy atom. The fourth-order valence-electron chi connectivity index (χ4n) is 2.96. The van der Waals surface area contributed by atoms with Crippen LogP contribution in [0.2, 0.25) is 0 Å². The zero-order chi connectivity index (χ0) is 13.5. The van der Waals surface area contributed by atoms with Crippen molar-refractivity contribution >= 4 is 0 Å². The van der Waals surface area contributed by atoms with Gasteiger partial charge in [-0.3, -0.25) is 0 Å². The quantitative estimate of drug-likeness (QED) is 0.813. The summed E-state index contributed by atoms with van der Waals surface area (Å²) in [5.41, 5.74) is 2.82. The topological polar surface area (TPSA) is 21.3 Å². The summed E-state index contributed by atoms with van der Waals surface area (Å²) >= 11 is 0. The van der Waals surface area contributed by atoms with Crippen LogP contribution in [0.1, 0.15) is 37.3 Å². The number of ether oxygens (including phenoxy) is 1. The van der Waals surface area contributed by atoms with E-state index >= 15 is 0 Å². The predicted molar refractivity (Wildman–Crippen MR) is 80.5 cm³/mol. The lowest BCUT2D eigenvalue weighted by Gasteiger charge is -2.21. The Bertz CT molecular complexity index is 371. The Hall–Kier alpha value is -0.860. The summed E-state index contributed by atoms with van der Waals surface area (Å²) in [5, 5.41) is 3.50. The summed E-state index contributed by atoms with van der Waals surface area (Å²) in [6, 6.07) is 8.90. The number of hydrogen-bond acceptors (Lipinski definition) is 2. The van der Waals surface area contributed by atoms with Gasteiger partial charge in [-0.25, -0.2) is 0 Å². The molecular formula is C17H27NO. The standard InChI is InChI=1S/C17H27NO/c1-3-18-13-16(12-17-8-5-9-19-17)11-15-7-4-6-14(2)10-15/h4,6-7,10,16-18H,3,5,8-9,11-13H2,1-2H3. The first-order valence-electron chi connectivity index (χ1n) is 7.65. The molecule has 2 atom stereocenters. The summed E-state index contributed by atoms with van der Waals surface area (Å²) in [6.07, 6.45) is 5.34. The van der Waals surface area contributed by atoms with Gasteiger partial charge in [-0.15, -0.1) is 0 Å². The maximum Gasteiger partial charge on any atom is 0.0579 e. The van der Waals surface area contributed by atoms with Crippen LogP contribution < -0.4 is 5.32 Å². The van der Waals surface area contributed by atoms with E-state index in [1.165, 1.54) is 30.4 Å². The molecule has 0 aliphatic carbocycles. The number of benzene rings is 1. The largest absolute Gasteiger partial charge is 0.378 e. The second-order valence-electron chi connectivity index (χ2n) is 5.74. The van der Waals surface area contributed by atoms with Crippen LogP contribution in [0.25, 0.3) is 0 Å². The van der Waals surface area contributed by atoms with Crippen molar-refractivity contribution in [3.05, 3.63) is 35.4 Å². The molecule has 2 heteroatoms. The van der Waals surface area contributed by atoms with E-state index in [9.17, 15) is 0 Å². The van der Waals surface area contributed by atoms with Gasteiger partial charge in [0.25, 0.3) is 0 Å². The molecule has 1 aliphatic heterocycles. The van der Waals surface area contributed by atoms with Crippen molar-refractivity contribution < 1.29 is 4.74 Å². The first kappa shape index (κ1) is 14.5. The van der Waals surface area contributed by atoms with Gasteiger partial charge in [-0.05, 0) is 57.2 Å². The average molecular weight is 261 g/mol.